The van der Waals surface area contributed by atoms with Crippen LogP contribution in [0.15, 0.2) is 30.8 Å². The molecule has 0 unspecified atom stereocenters. The van der Waals surface area contributed by atoms with E-state index in [1.807, 2.05) is 24.3 Å². The molecular weight excluding hydrogens is 146 g/mol. The van der Waals surface area contributed by atoms with Gasteiger partial charge in [-0.15, -0.1) is 6.42 Å². The summed E-state index contributed by atoms with van der Waals surface area (Å²) in [4.78, 5) is 0. The minimum absolute atomic E-state index is 0.546. The quantitative estimate of drug-likeness (QED) is 0.664. The lowest BCUT2D eigenvalue weighted by Crippen LogP contribution is -1.99. The average Bonchev–Trinajstić information content (AvgIpc) is 2.15. The van der Waals surface area contributed by atoms with Gasteiger partial charge in [-0.3, -0.25) is 0 Å². The molecule has 60 valence electrons. The molecule has 0 fully saturated rings. The Hall–Kier alpha value is -1.68. The van der Waals surface area contributed by atoms with Crippen LogP contribution in [0.5, 0.6) is 0 Å². The van der Waals surface area contributed by atoms with E-state index in [9.17, 15) is 0 Å². The fourth-order valence-electron chi connectivity index (χ4n) is 0.982. The second-order valence-corrected chi connectivity index (χ2v) is 2.35. The van der Waals surface area contributed by atoms with E-state index >= 15 is 0 Å². The van der Waals surface area contributed by atoms with Crippen molar-refractivity contribution in [2.45, 2.75) is 0 Å². The van der Waals surface area contributed by atoms with Gasteiger partial charge in [0.2, 0.25) is 0 Å². The van der Waals surface area contributed by atoms with Crippen LogP contribution >= 0.6 is 0 Å². The molecule has 0 heterocycles. The molecule has 0 aliphatic rings. The van der Waals surface area contributed by atoms with E-state index in [0.717, 1.165) is 11.3 Å². The van der Waals surface area contributed by atoms with E-state index in [2.05, 4.69) is 17.8 Å². The zero-order valence-electron chi connectivity index (χ0n) is 6.88. The first-order valence-electron chi connectivity index (χ1n) is 3.77. The average molecular weight is 157 g/mol. The molecule has 0 bridgehead atoms. The van der Waals surface area contributed by atoms with Gasteiger partial charge in [-0.25, -0.2) is 0 Å². The second-order valence-electron chi connectivity index (χ2n) is 2.35. The molecule has 1 N–H and O–H groups in total. The Morgan fingerprint density at radius 2 is 2.25 bits per heavy atom. The van der Waals surface area contributed by atoms with Crippen LogP contribution in [-0.4, -0.2) is 6.54 Å². The van der Waals surface area contributed by atoms with E-state index in [0.29, 0.717) is 6.54 Å². The Morgan fingerprint density at radius 1 is 1.50 bits per heavy atom. The van der Waals surface area contributed by atoms with E-state index < -0.39 is 0 Å². The number of benzene rings is 1. The Morgan fingerprint density at radius 3 is 2.92 bits per heavy atom. The van der Waals surface area contributed by atoms with Crippen LogP contribution in [0.3, 0.4) is 0 Å². The van der Waals surface area contributed by atoms with Crippen LogP contribution in [0.2, 0.25) is 0 Å². The van der Waals surface area contributed by atoms with E-state index in [-0.39, 0.29) is 0 Å². The Labute approximate surface area is 73.1 Å². The van der Waals surface area contributed by atoms with Crippen molar-refractivity contribution in [1.82, 2.24) is 0 Å². The first-order valence-corrected chi connectivity index (χ1v) is 3.77. The van der Waals surface area contributed by atoms with Gasteiger partial charge in [0.25, 0.3) is 0 Å². The van der Waals surface area contributed by atoms with Crippen molar-refractivity contribution in [1.29, 1.82) is 0 Å². The molecule has 0 aromatic heterocycles. The zero-order chi connectivity index (χ0) is 8.81. The molecule has 0 saturated carbocycles. The van der Waals surface area contributed by atoms with Crippen molar-refractivity contribution >= 4 is 11.8 Å². The molecule has 0 aliphatic carbocycles. The summed E-state index contributed by atoms with van der Waals surface area (Å²) in [5.74, 6) is 2.52. The van der Waals surface area contributed by atoms with Gasteiger partial charge in [0.15, 0.2) is 0 Å². The zero-order valence-corrected chi connectivity index (χ0v) is 6.88. The minimum Gasteiger partial charge on any atom is -0.374 e. The summed E-state index contributed by atoms with van der Waals surface area (Å²) < 4.78 is 0. The maximum atomic E-state index is 5.13. The smallest absolute Gasteiger partial charge is 0.0763 e. The van der Waals surface area contributed by atoms with E-state index in [1.165, 1.54) is 0 Å². The molecule has 0 amide bonds. The third-order valence-electron chi connectivity index (χ3n) is 1.56. The number of para-hydroxylation sites is 1. The first kappa shape index (κ1) is 8.42. The van der Waals surface area contributed by atoms with Gasteiger partial charge in [-0.2, -0.15) is 0 Å². The normalized spacial score (nSPS) is 8.58. The number of terminal acetylenes is 1. The largest absolute Gasteiger partial charge is 0.374 e. The van der Waals surface area contributed by atoms with E-state index in [4.69, 9.17) is 6.42 Å². The van der Waals surface area contributed by atoms with Gasteiger partial charge in [-0.05, 0) is 11.6 Å². The predicted octanol–water partition coefficient (Wildman–Crippen LogP) is 2.37. The standard InChI is InChI=1S/C11H11N/c1-3-9-12-11-8-6-5-7-10(11)4-2/h1,4-8,12H,2,9H2. The molecule has 1 nitrogen and oxygen atoms in total. The summed E-state index contributed by atoms with van der Waals surface area (Å²) in [5.41, 5.74) is 2.11. The molecule has 1 rings (SSSR count). The molecule has 0 atom stereocenters. The SMILES string of the molecule is C#CCNc1ccccc1C=C. The highest BCUT2D eigenvalue weighted by atomic mass is 14.9. The molecule has 0 aliphatic heterocycles. The molecule has 0 saturated heterocycles. The third kappa shape index (κ3) is 1.90. The van der Waals surface area contributed by atoms with Gasteiger partial charge in [0.1, 0.15) is 0 Å². The molecule has 12 heavy (non-hydrogen) atoms. The number of nitrogens with one attached hydrogen (secondary N) is 1. The third-order valence-corrected chi connectivity index (χ3v) is 1.56. The van der Waals surface area contributed by atoms with Crippen LogP contribution in [0.25, 0.3) is 6.08 Å². The highest BCUT2D eigenvalue weighted by molar-refractivity contribution is 5.65. The maximum absolute atomic E-state index is 5.13. The Balaban J connectivity index is 2.83. The summed E-state index contributed by atoms with van der Waals surface area (Å²) in [6, 6.07) is 7.91. The van der Waals surface area contributed by atoms with Crippen LogP contribution in [0.4, 0.5) is 5.69 Å². The van der Waals surface area contributed by atoms with Crippen LogP contribution in [0, 0.1) is 12.3 Å². The van der Waals surface area contributed by atoms with Crippen molar-refractivity contribution in [3.63, 3.8) is 0 Å². The lowest BCUT2D eigenvalue weighted by molar-refractivity contribution is 1.37. The molecule has 0 spiro atoms. The van der Waals surface area contributed by atoms with Crippen molar-refractivity contribution in [2.75, 3.05) is 11.9 Å². The molecule has 0 radical (unpaired) electrons. The van der Waals surface area contributed by atoms with Crippen molar-refractivity contribution in [3.8, 4) is 12.3 Å². The summed E-state index contributed by atoms with van der Waals surface area (Å²) in [7, 11) is 0. The van der Waals surface area contributed by atoms with Gasteiger partial charge < -0.3 is 5.32 Å². The second kappa shape index (κ2) is 4.25. The summed E-state index contributed by atoms with van der Waals surface area (Å²) in [5, 5.41) is 3.11. The molecule has 1 aromatic carbocycles. The van der Waals surface area contributed by atoms with Crippen molar-refractivity contribution < 1.29 is 0 Å². The minimum atomic E-state index is 0.546. The van der Waals surface area contributed by atoms with Crippen molar-refractivity contribution in [2.24, 2.45) is 0 Å². The summed E-state index contributed by atoms with van der Waals surface area (Å²) in [6.45, 7) is 4.25. The highest BCUT2D eigenvalue weighted by Gasteiger charge is 1.93. The number of hydrogen-bond donors (Lipinski definition) is 1. The van der Waals surface area contributed by atoms with Crippen molar-refractivity contribution in [3.05, 3.63) is 36.4 Å². The van der Waals surface area contributed by atoms with Gasteiger partial charge in [-0.1, -0.05) is 36.8 Å². The fraction of sp³-hybridized carbons (Fsp3) is 0.0909. The number of rotatable bonds is 3. The number of anilines is 1. The van der Waals surface area contributed by atoms with Gasteiger partial charge in [0.05, 0.1) is 6.54 Å². The number of hydrogen-bond acceptors (Lipinski definition) is 1. The fourth-order valence-corrected chi connectivity index (χ4v) is 0.982. The molecule has 1 heteroatoms. The highest BCUT2D eigenvalue weighted by Crippen LogP contribution is 2.14. The van der Waals surface area contributed by atoms with Crippen LogP contribution < -0.4 is 5.32 Å². The lowest BCUT2D eigenvalue weighted by Gasteiger charge is -2.05. The topological polar surface area (TPSA) is 12.0 Å². The first-order chi connectivity index (χ1) is 5.88. The maximum Gasteiger partial charge on any atom is 0.0763 e. The van der Waals surface area contributed by atoms with Crippen LogP contribution in [-0.2, 0) is 0 Å². The van der Waals surface area contributed by atoms with Crippen LogP contribution in [0.1, 0.15) is 5.56 Å². The summed E-state index contributed by atoms with van der Waals surface area (Å²) in [6.07, 6.45) is 6.93. The van der Waals surface area contributed by atoms with Gasteiger partial charge in [0, 0.05) is 5.69 Å². The lowest BCUT2D eigenvalue weighted by atomic mass is 10.2. The Bertz CT molecular complexity index is 307. The Kier molecular flexibility index (Phi) is 2.98. The molecular formula is C11H11N. The summed E-state index contributed by atoms with van der Waals surface area (Å²) >= 11 is 0. The molecule has 1 aromatic rings. The monoisotopic (exact) mass is 157 g/mol. The predicted molar refractivity (Wildman–Crippen MR) is 53.9 cm³/mol. The van der Waals surface area contributed by atoms with E-state index in [1.54, 1.807) is 6.08 Å². The van der Waals surface area contributed by atoms with Gasteiger partial charge >= 0.3 is 0 Å².